The van der Waals surface area contributed by atoms with E-state index in [0.717, 1.165) is 28.0 Å². The lowest BCUT2D eigenvalue weighted by Crippen LogP contribution is -2.33. The molecule has 3 aromatic carbocycles. The van der Waals surface area contributed by atoms with Gasteiger partial charge in [0.25, 0.3) is 0 Å². The Kier molecular flexibility index (Phi) is 7.03. The van der Waals surface area contributed by atoms with Crippen molar-refractivity contribution in [2.24, 2.45) is 5.92 Å². The van der Waals surface area contributed by atoms with Crippen LogP contribution in [0.1, 0.15) is 16.4 Å². The number of imide groups is 1. The topological polar surface area (TPSA) is 88.5 Å². The molecule has 0 aliphatic carbocycles. The molecular weight excluding hydrogens is 596 g/mol. The third-order valence-electron chi connectivity index (χ3n) is 6.79. The number of thiazole rings is 1. The van der Waals surface area contributed by atoms with Gasteiger partial charge in [-0.1, -0.05) is 58.4 Å². The van der Waals surface area contributed by atoms with Crippen molar-refractivity contribution in [1.29, 1.82) is 0 Å². The SMILES string of the molecule is O=C(Cn1c2c(sc1=O)[C@@H](c1ccc(F)cc1)[C@@H]1C(=O)N(c3ccc(Cl)cc3)C(=O)[C@@H]1S2)Nc1ccc(Cl)cc1. The number of aromatic nitrogens is 1. The molecule has 1 fully saturated rings. The number of hydrogen-bond acceptors (Lipinski definition) is 6. The Hall–Kier alpha value is -3.44. The van der Waals surface area contributed by atoms with E-state index < -0.39 is 45.5 Å². The second-order valence-corrected chi connectivity index (χ2v) is 12.3. The molecule has 40 heavy (non-hydrogen) atoms. The molecule has 7 nitrogen and oxygen atoms in total. The molecule has 1 aromatic heterocycles. The summed E-state index contributed by atoms with van der Waals surface area (Å²) in [6.45, 7) is -0.295. The normalized spacial score (nSPS) is 19.9. The average molecular weight is 615 g/mol. The summed E-state index contributed by atoms with van der Waals surface area (Å²) < 4.78 is 15.2. The van der Waals surface area contributed by atoms with Gasteiger partial charge >= 0.3 is 4.87 Å². The highest BCUT2D eigenvalue weighted by Gasteiger charge is 2.56. The van der Waals surface area contributed by atoms with E-state index in [-0.39, 0.29) is 6.54 Å². The number of nitrogens with one attached hydrogen (secondary N) is 1. The number of carbonyl (C=O) groups excluding carboxylic acids is 3. The van der Waals surface area contributed by atoms with Crippen LogP contribution >= 0.6 is 46.3 Å². The fourth-order valence-electron chi connectivity index (χ4n) is 5.01. The average Bonchev–Trinajstić information content (AvgIpc) is 3.37. The predicted molar refractivity (Wildman–Crippen MR) is 154 cm³/mol. The van der Waals surface area contributed by atoms with Gasteiger partial charge in [0.15, 0.2) is 0 Å². The number of carbonyl (C=O) groups is 3. The first-order valence-electron chi connectivity index (χ1n) is 12.1. The minimum Gasteiger partial charge on any atom is -0.325 e. The second kappa shape index (κ2) is 10.5. The third kappa shape index (κ3) is 4.75. The molecule has 0 unspecified atom stereocenters. The summed E-state index contributed by atoms with van der Waals surface area (Å²) in [7, 11) is 0. The molecular formula is C28H18Cl2FN3O4S2. The number of fused-ring (bicyclic) bond motifs is 2. The fourth-order valence-corrected chi connectivity index (χ4v) is 8.03. The van der Waals surface area contributed by atoms with Gasteiger partial charge in [0.05, 0.1) is 16.6 Å². The number of anilines is 2. The van der Waals surface area contributed by atoms with Crippen molar-refractivity contribution in [2.75, 3.05) is 10.2 Å². The molecule has 4 aromatic rings. The van der Waals surface area contributed by atoms with Crippen LogP contribution in [0, 0.1) is 11.7 Å². The molecule has 3 atom stereocenters. The van der Waals surface area contributed by atoms with Gasteiger partial charge in [-0.25, -0.2) is 9.29 Å². The van der Waals surface area contributed by atoms with Gasteiger partial charge in [-0.3, -0.25) is 23.7 Å². The summed E-state index contributed by atoms with van der Waals surface area (Å²) >= 11 is 14.0. The number of rotatable bonds is 5. The van der Waals surface area contributed by atoms with E-state index >= 15 is 0 Å². The van der Waals surface area contributed by atoms with Crippen LogP contribution in [0.15, 0.2) is 82.6 Å². The molecule has 1 saturated heterocycles. The van der Waals surface area contributed by atoms with Gasteiger partial charge in [0, 0.05) is 26.5 Å². The lowest BCUT2D eigenvalue weighted by molar-refractivity contribution is -0.122. The van der Waals surface area contributed by atoms with E-state index in [1.54, 1.807) is 60.7 Å². The van der Waals surface area contributed by atoms with Gasteiger partial charge in [-0.2, -0.15) is 0 Å². The summed E-state index contributed by atoms with van der Waals surface area (Å²) in [6, 6.07) is 18.6. The van der Waals surface area contributed by atoms with Gasteiger partial charge < -0.3 is 5.32 Å². The lowest BCUT2D eigenvalue weighted by atomic mass is 9.83. The van der Waals surface area contributed by atoms with E-state index in [9.17, 15) is 23.6 Å². The maximum atomic E-state index is 13.8. The Morgan fingerprint density at radius 3 is 2.15 bits per heavy atom. The van der Waals surface area contributed by atoms with E-state index in [1.165, 1.54) is 16.7 Å². The van der Waals surface area contributed by atoms with Crippen molar-refractivity contribution in [1.82, 2.24) is 4.57 Å². The van der Waals surface area contributed by atoms with Crippen LogP contribution in [-0.4, -0.2) is 27.5 Å². The molecule has 3 heterocycles. The molecule has 2 aliphatic heterocycles. The standard InChI is InChI=1S/C28H18Cl2FN3O4S2/c29-15-3-9-18(10-4-15)32-20(35)13-33-27-24(40-28(33)38)21(14-1-7-17(31)8-2-14)22-23(39-27)26(37)34(25(22)36)19-11-5-16(30)6-12-19/h1-12,21-23H,13H2,(H,32,35)/t21-,22-,23+/m0/s1. The highest BCUT2D eigenvalue weighted by Crippen LogP contribution is 2.53. The summed E-state index contributed by atoms with van der Waals surface area (Å²) in [4.78, 5) is 54.9. The molecule has 0 radical (unpaired) electrons. The maximum absolute atomic E-state index is 13.8. The van der Waals surface area contributed by atoms with Crippen molar-refractivity contribution < 1.29 is 18.8 Å². The van der Waals surface area contributed by atoms with Crippen LogP contribution in [0.3, 0.4) is 0 Å². The van der Waals surface area contributed by atoms with Crippen LogP contribution in [0.2, 0.25) is 10.0 Å². The molecule has 0 saturated carbocycles. The first-order valence-corrected chi connectivity index (χ1v) is 14.5. The van der Waals surface area contributed by atoms with Crippen LogP contribution < -0.4 is 15.1 Å². The smallest absolute Gasteiger partial charge is 0.308 e. The first kappa shape index (κ1) is 26.8. The number of thioether (sulfide) groups is 1. The Labute approximate surface area is 245 Å². The summed E-state index contributed by atoms with van der Waals surface area (Å²) in [6.07, 6.45) is 0. The van der Waals surface area contributed by atoms with Crippen LogP contribution in [0.25, 0.3) is 0 Å². The zero-order chi connectivity index (χ0) is 28.1. The van der Waals surface area contributed by atoms with Crippen LogP contribution in [-0.2, 0) is 20.9 Å². The third-order valence-corrected chi connectivity index (χ3v) is 9.90. The quantitative estimate of drug-likeness (QED) is 0.288. The summed E-state index contributed by atoms with van der Waals surface area (Å²) in [5.41, 5.74) is 1.49. The van der Waals surface area contributed by atoms with Gasteiger partial charge in [0.1, 0.15) is 17.6 Å². The lowest BCUT2D eigenvalue weighted by Gasteiger charge is -2.30. The van der Waals surface area contributed by atoms with Gasteiger partial charge in [-0.15, -0.1) is 0 Å². The Bertz CT molecular complexity index is 1710. The highest BCUT2D eigenvalue weighted by atomic mass is 35.5. The minimum atomic E-state index is -0.856. The number of benzene rings is 3. The zero-order valence-electron chi connectivity index (χ0n) is 20.3. The molecule has 1 N–H and O–H groups in total. The van der Waals surface area contributed by atoms with Crippen molar-refractivity contribution in [2.45, 2.75) is 22.7 Å². The minimum absolute atomic E-state index is 0.295. The molecule has 0 bridgehead atoms. The van der Waals surface area contributed by atoms with Gasteiger partial charge in [0.2, 0.25) is 17.7 Å². The Morgan fingerprint density at radius 2 is 1.50 bits per heavy atom. The molecule has 3 amide bonds. The van der Waals surface area contributed by atoms with Crippen molar-refractivity contribution in [3.8, 4) is 0 Å². The highest BCUT2D eigenvalue weighted by molar-refractivity contribution is 8.00. The number of hydrogen-bond donors (Lipinski definition) is 1. The van der Waals surface area contributed by atoms with E-state index in [4.69, 9.17) is 23.2 Å². The molecule has 12 heteroatoms. The first-order chi connectivity index (χ1) is 19.2. The summed E-state index contributed by atoms with van der Waals surface area (Å²) in [5, 5.41) is 3.30. The molecule has 202 valence electrons. The van der Waals surface area contributed by atoms with Crippen LogP contribution in [0.5, 0.6) is 0 Å². The van der Waals surface area contributed by atoms with Crippen LogP contribution in [0.4, 0.5) is 15.8 Å². The Morgan fingerprint density at radius 1 is 0.875 bits per heavy atom. The molecule has 6 rings (SSSR count). The van der Waals surface area contributed by atoms with Gasteiger partial charge in [-0.05, 0) is 66.2 Å². The largest absolute Gasteiger partial charge is 0.325 e. The number of halogens is 3. The molecule has 0 spiro atoms. The Balaban J connectivity index is 1.40. The maximum Gasteiger partial charge on any atom is 0.308 e. The van der Waals surface area contributed by atoms with E-state index in [0.29, 0.717) is 36.9 Å². The molecule has 2 aliphatic rings. The predicted octanol–water partition coefficient (Wildman–Crippen LogP) is 5.79. The monoisotopic (exact) mass is 613 g/mol. The fraction of sp³-hybridized carbons (Fsp3) is 0.143. The summed E-state index contributed by atoms with van der Waals surface area (Å²) in [5.74, 6) is -3.27. The van der Waals surface area contributed by atoms with Crippen molar-refractivity contribution in [3.05, 3.63) is 109 Å². The zero-order valence-corrected chi connectivity index (χ0v) is 23.5. The van der Waals surface area contributed by atoms with Crippen molar-refractivity contribution >= 4 is 75.4 Å². The van der Waals surface area contributed by atoms with E-state index in [1.807, 2.05) is 0 Å². The number of amides is 3. The van der Waals surface area contributed by atoms with Crippen molar-refractivity contribution in [3.63, 3.8) is 0 Å². The van der Waals surface area contributed by atoms with E-state index in [2.05, 4.69) is 5.32 Å². The number of nitrogens with zero attached hydrogens (tertiary/aromatic N) is 2. The second-order valence-electron chi connectivity index (χ2n) is 9.26.